The van der Waals surface area contributed by atoms with E-state index in [2.05, 4.69) is 0 Å². The Morgan fingerprint density at radius 2 is 1.80 bits per heavy atom. The van der Waals surface area contributed by atoms with E-state index in [1.54, 1.807) is 25.1 Å². The second-order valence-electron chi connectivity index (χ2n) is 4.80. The predicted octanol–water partition coefficient (Wildman–Crippen LogP) is 3.93. The van der Waals surface area contributed by atoms with Gasteiger partial charge in [0.2, 0.25) is 0 Å². The third-order valence-corrected chi connectivity index (χ3v) is 3.27. The maximum absolute atomic E-state index is 13.3. The van der Waals surface area contributed by atoms with Crippen LogP contribution in [0.1, 0.15) is 33.0 Å². The normalized spacial score (nSPS) is 11.7. The van der Waals surface area contributed by atoms with Gasteiger partial charge in [-0.3, -0.25) is 4.79 Å². The van der Waals surface area contributed by atoms with E-state index < -0.39 is 11.7 Å². The van der Waals surface area contributed by atoms with Gasteiger partial charge >= 0.3 is 0 Å². The van der Waals surface area contributed by atoms with Gasteiger partial charge in [-0.25, -0.2) is 4.39 Å². The van der Waals surface area contributed by atoms with Crippen molar-refractivity contribution in [1.82, 2.24) is 0 Å². The van der Waals surface area contributed by atoms with E-state index >= 15 is 0 Å². The molecule has 0 aromatic heterocycles. The Kier molecular flexibility index (Phi) is 3.95. The summed E-state index contributed by atoms with van der Waals surface area (Å²) in [4.78, 5) is 12.4. The van der Waals surface area contributed by atoms with Crippen LogP contribution < -0.4 is 0 Å². The molecule has 2 aromatic rings. The molecule has 0 radical (unpaired) electrons. The fourth-order valence-corrected chi connectivity index (χ4v) is 2.06. The van der Waals surface area contributed by atoms with Crippen molar-refractivity contribution >= 4 is 5.78 Å². The molecule has 0 aliphatic heterocycles. The van der Waals surface area contributed by atoms with Crippen molar-refractivity contribution in [3.63, 3.8) is 0 Å². The van der Waals surface area contributed by atoms with Crippen LogP contribution in [0.3, 0.4) is 0 Å². The van der Waals surface area contributed by atoms with Crippen molar-refractivity contribution in [3.8, 4) is 6.07 Å². The quantitative estimate of drug-likeness (QED) is 0.790. The summed E-state index contributed by atoms with van der Waals surface area (Å²) in [6.07, 6.45) is 0. The van der Waals surface area contributed by atoms with Gasteiger partial charge in [0, 0.05) is 5.56 Å². The highest BCUT2D eigenvalue weighted by Gasteiger charge is 2.23. The van der Waals surface area contributed by atoms with Crippen molar-refractivity contribution < 1.29 is 9.18 Å². The molecule has 0 spiro atoms. The van der Waals surface area contributed by atoms with E-state index in [9.17, 15) is 14.4 Å². The van der Waals surface area contributed by atoms with E-state index in [1.165, 1.54) is 12.1 Å². The first kappa shape index (κ1) is 14.0. The number of benzene rings is 2. The Hall–Kier alpha value is -2.47. The zero-order chi connectivity index (χ0) is 14.7. The van der Waals surface area contributed by atoms with Crippen LogP contribution in [0.4, 0.5) is 4.39 Å². The van der Waals surface area contributed by atoms with E-state index in [0.717, 1.165) is 5.56 Å². The monoisotopic (exact) mass is 267 g/mol. The first-order valence-corrected chi connectivity index (χ1v) is 6.29. The number of aryl methyl sites for hydroxylation is 2. The van der Waals surface area contributed by atoms with Gasteiger partial charge < -0.3 is 0 Å². The van der Waals surface area contributed by atoms with Crippen molar-refractivity contribution in [3.05, 3.63) is 70.5 Å². The van der Waals surface area contributed by atoms with Crippen LogP contribution in [0, 0.1) is 31.0 Å². The molecule has 0 saturated carbocycles. The van der Waals surface area contributed by atoms with Crippen LogP contribution in [-0.2, 0) is 0 Å². The lowest BCUT2D eigenvalue weighted by Gasteiger charge is -2.11. The molecule has 20 heavy (non-hydrogen) atoms. The smallest absolute Gasteiger partial charge is 0.184 e. The van der Waals surface area contributed by atoms with Crippen molar-refractivity contribution in [2.45, 2.75) is 19.8 Å². The maximum Gasteiger partial charge on any atom is 0.184 e. The SMILES string of the molecule is Cc1ccc(C(C#N)C(=O)c2cc(F)ccc2C)cc1. The molecule has 0 saturated heterocycles. The van der Waals surface area contributed by atoms with Crippen LogP contribution in [0.15, 0.2) is 42.5 Å². The molecule has 1 atom stereocenters. The van der Waals surface area contributed by atoms with Gasteiger partial charge in [-0.1, -0.05) is 35.9 Å². The number of ketones is 1. The average Bonchev–Trinajstić information content (AvgIpc) is 2.44. The zero-order valence-corrected chi connectivity index (χ0v) is 11.4. The largest absolute Gasteiger partial charge is 0.292 e. The molecule has 0 aliphatic rings. The third-order valence-electron chi connectivity index (χ3n) is 3.27. The summed E-state index contributed by atoms with van der Waals surface area (Å²) < 4.78 is 13.3. The summed E-state index contributed by atoms with van der Waals surface area (Å²) in [7, 11) is 0. The van der Waals surface area contributed by atoms with E-state index in [4.69, 9.17) is 0 Å². The molecular formula is C17H14FNO. The first-order valence-electron chi connectivity index (χ1n) is 6.29. The lowest BCUT2D eigenvalue weighted by Crippen LogP contribution is -2.13. The molecule has 0 bridgehead atoms. The van der Waals surface area contributed by atoms with Crippen molar-refractivity contribution in [2.24, 2.45) is 0 Å². The molecule has 2 aromatic carbocycles. The second-order valence-corrected chi connectivity index (χ2v) is 4.80. The highest BCUT2D eigenvalue weighted by atomic mass is 19.1. The lowest BCUT2D eigenvalue weighted by atomic mass is 9.89. The van der Waals surface area contributed by atoms with Gasteiger partial charge in [0.1, 0.15) is 11.7 Å². The minimum Gasteiger partial charge on any atom is -0.292 e. The third kappa shape index (κ3) is 2.75. The number of hydrogen-bond acceptors (Lipinski definition) is 2. The van der Waals surface area contributed by atoms with Crippen molar-refractivity contribution in [2.75, 3.05) is 0 Å². The van der Waals surface area contributed by atoms with Gasteiger partial charge in [0.25, 0.3) is 0 Å². The Balaban J connectivity index is 2.42. The summed E-state index contributed by atoms with van der Waals surface area (Å²) in [6.45, 7) is 3.67. The molecule has 3 heteroatoms. The van der Waals surface area contributed by atoms with Crippen LogP contribution in [0.25, 0.3) is 0 Å². The van der Waals surface area contributed by atoms with E-state index in [0.29, 0.717) is 11.1 Å². The molecule has 0 fully saturated rings. The molecule has 100 valence electrons. The number of halogens is 1. The fraction of sp³-hybridized carbons (Fsp3) is 0.176. The minimum absolute atomic E-state index is 0.261. The zero-order valence-electron chi connectivity index (χ0n) is 11.4. The van der Waals surface area contributed by atoms with Gasteiger partial charge in [-0.2, -0.15) is 5.26 Å². The highest BCUT2D eigenvalue weighted by Crippen LogP contribution is 2.23. The Labute approximate surface area is 117 Å². The molecule has 1 unspecified atom stereocenters. The number of rotatable bonds is 3. The van der Waals surface area contributed by atoms with E-state index in [1.807, 2.05) is 25.1 Å². The van der Waals surface area contributed by atoms with Crippen LogP contribution >= 0.6 is 0 Å². The van der Waals surface area contributed by atoms with Crippen molar-refractivity contribution in [1.29, 1.82) is 5.26 Å². The van der Waals surface area contributed by atoms with Gasteiger partial charge in [-0.15, -0.1) is 0 Å². The fourth-order valence-electron chi connectivity index (χ4n) is 2.06. The number of nitrogens with zero attached hydrogens (tertiary/aromatic N) is 1. The molecular weight excluding hydrogens is 253 g/mol. The molecule has 0 amide bonds. The van der Waals surface area contributed by atoms with E-state index in [-0.39, 0.29) is 11.3 Å². The number of Topliss-reactive ketones (excluding diaryl/α,β-unsaturated/α-hetero) is 1. The number of carbonyl (C=O) groups excluding carboxylic acids is 1. The molecule has 2 nitrogen and oxygen atoms in total. The maximum atomic E-state index is 13.3. The topological polar surface area (TPSA) is 40.9 Å². The minimum atomic E-state index is -0.906. The summed E-state index contributed by atoms with van der Waals surface area (Å²) in [5.41, 5.74) is 2.62. The standard InChI is InChI=1S/C17H14FNO/c1-11-3-6-13(7-4-11)16(10-19)17(20)15-9-14(18)8-5-12(15)2/h3-9,16H,1-2H3. The Bertz CT molecular complexity index is 683. The number of carbonyl (C=O) groups is 1. The molecule has 0 aliphatic carbocycles. The molecule has 2 rings (SSSR count). The van der Waals surface area contributed by atoms with Crippen LogP contribution in [0.2, 0.25) is 0 Å². The summed E-state index contributed by atoms with van der Waals surface area (Å²) >= 11 is 0. The molecule has 0 heterocycles. The summed E-state index contributed by atoms with van der Waals surface area (Å²) in [5, 5.41) is 9.28. The average molecular weight is 267 g/mol. The predicted molar refractivity (Wildman–Crippen MR) is 75.0 cm³/mol. The Morgan fingerprint density at radius 3 is 2.40 bits per heavy atom. The number of hydrogen-bond donors (Lipinski definition) is 0. The van der Waals surface area contributed by atoms with Gasteiger partial charge in [0.05, 0.1) is 6.07 Å². The lowest BCUT2D eigenvalue weighted by molar-refractivity contribution is 0.0978. The first-order chi connectivity index (χ1) is 9.52. The van der Waals surface area contributed by atoms with Crippen LogP contribution in [0.5, 0.6) is 0 Å². The Morgan fingerprint density at radius 1 is 1.15 bits per heavy atom. The molecule has 0 N–H and O–H groups in total. The van der Waals surface area contributed by atoms with Gasteiger partial charge in [0.15, 0.2) is 5.78 Å². The van der Waals surface area contributed by atoms with Crippen LogP contribution in [-0.4, -0.2) is 5.78 Å². The summed E-state index contributed by atoms with van der Waals surface area (Å²) in [5.74, 6) is -1.75. The second kappa shape index (κ2) is 5.66. The highest BCUT2D eigenvalue weighted by molar-refractivity contribution is 6.03. The number of nitriles is 1. The van der Waals surface area contributed by atoms with Gasteiger partial charge in [-0.05, 0) is 37.1 Å². The summed E-state index contributed by atoms with van der Waals surface area (Å²) in [6, 6.07) is 13.3.